The Hall–Kier alpha value is -1.45. The number of hydrogen-bond acceptors (Lipinski definition) is 4. The molecule has 0 aliphatic heterocycles. The molecule has 0 amide bonds. The average molecular weight is 275 g/mol. The molecule has 0 fully saturated rings. The number of sulfonamides is 1. The molecule has 0 spiro atoms. The summed E-state index contributed by atoms with van der Waals surface area (Å²) in [4.78, 5) is 0. The van der Waals surface area contributed by atoms with Crippen molar-refractivity contribution in [1.82, 2.24) is 0 Å². The van der Waals surface area contributed by atoms with Crippen molar-refractivity contribution >= 4 is 27.3 Å². The molecular weight excluding hydrogens is 264 g/mol. The van der Waals surface area contributed by atoms with E-state index in [0.29, 0.717) is 5.75 Å². The number of hydrogen-bond donors (Lipinski definition) is 1. The Bertz CT molecular complexity index is 551. The molecule has 1 unspecified atom stereocenters. The summed E-state index contributed by atoms with van der Waals surface area (Å²) in [7, 11) is -2.30. The highest BCUT2D eigenvalue weighted by atomic mass is 35.5. The van der Waals surface area contributed by atoms with Gasteiger partial charge in [-0.05, 0) is 19.1 Å². The van der Waals surface area contributed by atoms with Gasteiger partial charge in [-0.25, -0.2) is 8.42 Å². The molecule has 1 N–H and O–H groups in total. The minimum absolute atomic E-state index is 0.188. The Balaban J connectivity index is 3.08. The number of halogens is 1. The molecule has 0 aliphatic carbocycles. The molecule has 0 aliphatic rings. The highest BCUT2D eigenvalue weighted by molar-refractivity contribution is 7.93. The van der Waals surface area contributed by atoms with E-state index in [-0.39, 0.29) is 10.7 Å². The Labute approximate surface area is 105 Å². The van der Waals surface area contributed by atoms with E-state index in [9.17, 15) is 8.42 Å². The molecular formula is C10H11ClN2O3S. The van der Waals surface area contributed by atoms with Crippen molar-refractivity contribution in [1.29, 1.82) is 5.26 Å². The Kier molecular flexibility index (Phi) is 4.21. The minimum Gasteiger partial charge on any atom is -0.497 e. The van der Waals surface area contributed by atoms with Crippen LogP contribution in [0.25, 0.3) is 0 Å². The van der Waals surface area contributed by atoms with Crippen LogP contribution in [0.1, 0.15) is 6.92 Å². The maximum atomic E-state index is 11.6. The largest absolute Gasteiger partial charge is 0.497 e. The molecule has 17 heavy (non-hydrogen) atoms. The van der Waals surface area contributed by atoms with Gasteiger partial charge >= 0.3 is 0 Å². The second kappa shape index (κ2) is 5.25. The molecule has 0 aromatic heterocycles. The van der Waals surface area contributed by atoms with E-state index in [2.05, 4.69) is 4.72 Å². The van der Waals surface area contributed by atoms with Crippen molar-refractivity contribution in [3.8, 4) is 11.8 Å². The van der Waals surface area contributed by atoms with Gasteiger partial charge in [0.15, 0.2) is 5.25 Å². The van der Waals surface area contributed by atoms with Crippen molar-refractivity contribution in [3.05, 3.63) is 23.2 Å². The second-order valence-electron chi connectivity index (χ2n) is 3.26. The van der Waals surface area contributed by atoms with Gasteiger partial charge in [0.05, 0.1) is 23.9 Å². The number of anilines is 1. The summed E-state index contributed by atoms with van der Waals surface area (Å²) in [6.45, 7) is 1.29. The average Bonchev–Trinajstić information content (AvgIpc) is 2.30. The predicted molar refractivity (Wildman–Crippen MR) is 65.6 cm³/mol. The van der Waals surface area contributed by atoms with Gasteiger partial charge in [-0.2, -0.15) is 5.26 Å². The number of rotatable bonds is 4. The first-order valence-electron chi connectivity index (χ1n) is 4.65. The molecule has 5 nitrogen and oxygen atoms in total. The fraction of sp³-hybridized carbons (Fsp3) is 0.300. The number of nitriles is 1. The lowest BCUT2D eigenvalue weighted by atomic mass is 10.3. The van der Waals surface area contributed by atoms with E-state index < -0.39 is 15.3 Å². The summed E-state index contributed by atoms with van der Waals surface area (Å²) in [5, 5.41) is 7.67. The maximum absolute atomic E-state index is 11.6. The predicted octanol–water partition coefficient (Wildman–Crippen LogP) is 2.00. The van der Waals surface area contributed by atoms with E-state index in [1.807, 2.05) is 0 Å². The monoisotopic (exact) mass is 274 g/mol. The molecule has 7 heteroatoms. The van der Waals surface area contributed by atoms with Crippen LogP contribution in [-0.4, -0.2) is 20.8 Å². The summed E-state index contributed by atoms with van der Waals surface area (Å²) in [5.74, 6) is 0.469. The van der Waals surface area contributed by atoms with Crippen molar-refractivity contribution in [2.24, 2.45) is 0 Å². The van der Waals surface area contributed by atoms with Crippen molar-refractivity contribution in [3.63, 3.8) is 0 Å². The van der Waals surface area contributed by atoms with Gasteiger partial charge in [0.25, 0.3) is 0 Å². The van der Waals surface area contributed by atoms with Gasteiger partial charge in [0.1, 0.15) is 5.75 Å². The highest BCUT2D eigenvalue weighted by Crippen LogP contribution is 2.27. The van der Waals surface area contributed by atoms with Gasteiger partial charge in [-0.15, -0.1) is 0 Å². The van der Waals surface area contributed by atoms with E-state index in [1.54, 1.807) is 12.1 Å². The molecule has 1 rings (SSSR count). The first-order chi connectivity index (χ1) is 7.90. The standard InChI is InChI=1S/C10H11ClN2O3S/c1-7(6-12)17(14,15)13-10-5-8(16-2)3-4-9(10)11/h3-5,7,13H,1-2H3. The van der Waals surface area contributed by atoms with Crippen molar-refractivity contribution in [2.75, 3.05) is 11.8 Å². The van der Waals surface area contributed by atoms with Gasteiger partial charge in [-0.3, -0.25) is 4.72 Å². The van der Waals surface area contributed by atoms with Gasteiger partial charge in [-0.1, -0.05) is 11.6 Å². The Morgan fingerprint density at radius 1 is 1.53 bits per heavy atom. The molecule has 1 atom stereocenters. The molecule has 0 heterocycles. The number of benzene rings is 1. The molecule has 92 valence electrons. The van der Waals surface area contributed by atoms with Crippen LogP contribution in [0.5, 0.6) is 5.75 Å². The van der Waals surface area contributed by atoms with Crippen LogP contribution in [0.4, 0.5) is 5.69 Å². The summed E-state index contributed by atoms with van der Waals surface area (Å²) < 4.78 is 30.5. The van der Waals surface area contributed by atoms with E-state index in [4.69, 9.17) is 21.6 Å². The molecule has 0 bridgehead atoms. The number of nitrogens with zero attached hydrogens (tertiary/aromatic N) is 1. The first-order valence-corrected chi connectivity index (χ1v) is 6.58. The molecule has 1 aromatic carbocycles. The van der Waals surface area contributed by atoms with E-state index >= 15 is 0 Å². The smallest absolute Gasteiger partial charge is 0.248 e. The molecule has 0 saturated heterocycles. The van der Waals surface area contributed by atoms with Crippen LogP contribution >= 0.6 is 11.6 Å². The number of ether oxygens (including phenoxy) is 1. The quantitative estimate of drug-likeness (QED) is 0.911. The summed E-state index contributed by atoms with van der Waals surface area (Å²) in [5.41, 5.74) is 0.188. The van der Waals surface area contributed by atoms with Crippen molar-refractivity contribution in [2.45, 2.75) is 12.2 Å². The fourth-order valence-corrected chi connectivity index (χ4v) is 2.03. The SMILES string of the molecule is COc1ccc(Cl)c(NS(=O)(=O)C(C)C#N)c1. The van der Waals surface area contributed by atoms with Gasteiger partial charge in [0, 0.05) is 6.07 Å². The number of nitrogens with one attached hydrogen (secondary N) is 1. The zero-order valence-electron chi connectivity index (χ0n) is 9.27. The summed E-state index contributed by atoms with van der Waals surface area (Å²) >= 11 is 5.84. The fourth-order valence-electron chi connectivity index (χ4n) is 1.02. The topological polar surface area (TPSA) is 79.2 Å². The zero-order valence-corrected chi connectivity index (χ0v) is 10.8. The molecule has 0 radical (unpaired) electrons. The normalized spacial score (nSPS) is 12.6. The third-order valence-corrected chi connectivity index (χ3v) is 3.94. The number of methoxy groups -OCH3 is 1. The Morgan fingerprint density at radius 2 is 2.18 bits per heavy atom. The lowest BCUT2D eigenvalue weighted by molar-refractivity contribution is 0.415. The van der Waals surface area contributed by atoms with Gasteiger partial charge in [0.2, 0.25) is 10.0 Å². The first kappa shape index (κ1) is 13.6. The minimum atomic E-state index is -3.76. The molecule has 1 aromatic rings. The van der Waals surface area contributed by atoms with Crippen LogP contribution in [0.15, 0.2) is 18.2 Å². The summed E-state index contributed by atoms with van der Waals surface area (Å²) in [6, 6.07) is 6.21. The maximum Gasteiger partial charge on any atom is 0.248 e. The third-order valence-electron chi connectivity index (χ3n) is 2.07. The van der Waals surface area contributed by atoms with Crippen LogP contribution < -0.4 is 9.46 Å². The lowest BCUT2D eigenvalue weighted by Gasteiger charge is -2.11. The van der Waals surface area contributed by atoms with Crippen LogP contribution in [-0.2, 0) is 10.0 Å². The van der Waals surface area contributed by atoms with Gasteiger partial charge < -0.3 is 4.74 Å². The van der Waals surface area contributed by atoms with Crippen LogP contribution in [0, 0.1) is 11.3 Å². The molecule has 0 saturated carbocycles. The highest BCUT2D eigenvalue weighted by Gasteiger charge is 2.21. The third kappa shape index (κ3) is 3.25. The van der Waals surface area contributed by atoms with E-state index in [0.717, 1.165) is 0 Å². The summed E-state index contributed by atoms with van der Waals surface area (Å²) in [6.07, 6.45) is 0. The van der Waals surface area contributed by atoms with E-state index in [1.165, 1.54) is 26.2 Å². The Morgan fingerprint density at radius 3 is 2.71 bits per heavy atom. The zero-order chi connectivity index (χ0) is 13.1. The van der Waals surface area contributed by atoms with Crippen LogP contribution in [0.3, 0.4) is 0 Å². The van der Waals surface area contributed by atoms with Crippen molar-refractivity contribution < 1.29 is 13.2 Å². The second-order valence-corrected chi connectivity index (χ2v) is 5.67. The lowest BCUT2D eigenvalue weighted by Crippen LogP contribution is -2.23. The van der Waals surface area contributed by atoms with Crippen LogP contribution in [0.2, 0.25) is 5.02 Å².